The van der Waals surface area contributed by atoms with Crippen molar-refractivity contribution >= 4 is 33.2 Å². The smallest absolute Gasteiger partial charge is 0.442 e. The van der Waals surface area contributed by atoms with Crippen molar-refractivity contribution in [2.24, 2.45) is 4.36 Å². The molecule has 1 aliphatic heterocycles. The third-order valence-corrected chi connectivity index (χ3v) is 8.66. The minimum absolute atomic E-state index is 0.0164. The molecular weight excluding hydrogens is 588 g/mol. The zero-order valence-corrected chi connectivity index (χ0v) is 26.1. The van der Waals surface area contributed by atoms with Gasteiger partial charge in [-0.1, -0.05) is 18.2 Å². The molecule has 0 spiro atoms. The molecule has 2 aromatic carbocycles. The second-order valence-electron chi connectivity index (χ2n) is 11.7. The molecular formula is C32H35F2N5O4S. The minimum atomic E-state index is -3.22. The van der Waals surface area contributed by atoms with Crippen molar-refractivity contribution in [2.75, 3.05) is 29.6 Å². The Balaban J connectivity index is 1.74. The van der Waals surface area contributed by atoms with Gasteiger partial charge in [-0.15, -0.1) is 4.36 Å². The Morgan fingerprint density at radius 1 is 1.14 bits per heavy atom. The van der Waals surface area contributed by atoms with Gasteiger partial charge in [0.05, 0.1) is 26.9 Å². The Labute approximate surface area is 256 Å². The third-order valence-electron chi connectivity index (χ3n) is 7.04. The second-order valence-corrected chi connectivity index (χ2v) is 14.0. The first-order valence-electron chi connectivity index (χ1n) is 14.1. The number of amides is 2. The quantitative estimate of drug-likeness (QED) is 0.319. The van der Waals surface area contributed by atoms with Crippen molar-refractivity contribution < 1.29 is 27.3 Å². The van der Waals surface area contributed by atoms with Crippen molar-refractivity contribution in [1.82, 2.24) is 4.98 Å². The van der Waals surface area contributed by atoms with Gasteiger partial charge in [0.25, 0.3) is 5.91 Å². The first-order valence-corrected chi connectivity index (χ1v) is 16.0. The number of halogens is 2. The Hall–Kier alpha value is -4.37. The Morgan fingerprint density at radius 3 is 2.57 bits per heavy atom. The summed E-state index contributed by atoms with van der Waals surface area (Å²) in [5.41, 5.74) is 1.93. The number of hydrogen-bond acceptors (Lipinski definition) is 7. The first kappa shape index (κ1) is 32.5. The summed E-state index contributed by atoms with van der Waals surface area (Å²) in [5, 5.41) is 12.2. The van der Waals surface area contributed by atoms with Crippen LogP contribution in [-0.2, 0) is 14.5 Å². The number of carbonyl (C=O) groups is 2. The lowest BCUT2D eigenvalue weighted by molar-refractivity contribution is -0.0102. The van der Waals surface area contributed by atoms with Crippen LogP contribution in [0.2, 0.25) is 0 Å². The summed E-state index contributed by atoms with van der Waals surface area (Å²) in [7, 11) is -3.22. The Bertz CT molecular complexity index is 1750. The van der Waals surface area contributed by atoms with Crippen molar-refractivity contribution in [2.45, 2.75) is 63.4 Å². The molecule has 1 saturated heterocycles. The van der Waals surface area contributed by atoms with Crippen LogP contribution in [0.4, 0.5) is 25.1 Å². The summed E-state index contributed by atoms with van der Waals surface area (Å²) in [6.45, 7) is 7.08. The van der Waals surface area contributed by atoms with E-state index >= 15 is 0 Å². The summed E-state index contributed by atoms with van der Waals surface area (Å²) in [4.78, 5) is 32.7. The number of carbonyl (C=O) groups excluding carboxylic acids is 2. The molecule has 12 heteroatoms. The number of anilines is 2. The van der Waals surface area contributed by atoms with Gasteiger partial charge in [0.15, 0.2) is 0 Å². The highest BCUT2D eigenvalue weighted by atomic mass is 32.2. The van der Waals surface area contributed by atoms with Gasteiger partial charge in [0, 0.05) is 54.5 Å². The van der Waals surface area contributed by atoms with Crippen LogP contribution in [0, 0.1) is 18.3 Å². The van der Waals surface area contributed by atoms with Crippen LogP contribution in [0.25, 0.3) is 11.1 Å². The maximum atomic E-state index is 14.2. The number of hydrogen-bond donors (Lipinski definition) is 1. The number of rotatable bonds is 5. The van der Waals surface area contributed by atoms with E-state index in [0.717, 1.165) is 0 Å². The van der Waals surface area contributed by atoms with E-state index in [1.807, 2.05) is 0 Å². The zero-order chi connectivity index (χ0) is 32.3. The highest BCUT2D eigenvalue weighted by Crippen LogP contribution is 2.35. The summed E-state index contributed by atoms with van der Waals surface area (Å²) in [5.74, 6) is -3.08. The van der Waals surface area contributed by atoms with E-state index in [-0.39, 0.29) is 47.8 Å². The van der Waals surface area contributed by atoms with E-state index in [0.29, 0.717) is 28.8 Å². The van der Waals surface area contributed by atoms with Gasteiger partial charge in [-0.3, -0.25) is 4.79 Å². The Kier molecular flexibility index (Phi) is 9.39. The van der Waals surface area contributed by atoms with E-state index in [2.05, 4.69) is 20.7 Å². The third kappa shape index (κ3) is 7.96. The molecule has 0 bridgehead atoms. The van der Waals surface area contributed by atoms with Gasteiger partial charge < -0.3 is 15.0 Å². The molecule has 1 aromatic heterocycles. The molecule has 3 aromatic rings. The lowest BCUT2D eigenvalue weighted by Gasteiger charge is -2.26. The Morgan fingerprint density at radius 2 is 1.86 bits per heavy atom. The highest BCUT2D eigenvalue weighted by Gasteiger charge is 2.33. The average molecular weight is 624 g/mol. The summed E-state index contributed by atoms with van der Waals surface area (Å²) in [6, 6.07) is 15.2. The molecule has 2 amide bonds. The molecule has 1 unspecified atom stereocenters. The minimum Gasteiger partial charge on any atom is -0.442 e. The van der Waals surface area contributed by atoms with Crippen molar-refractivity contribution in [3.8, 4) is 17.2 Å². The number of nitriles is 1. The van der Waals surface area contributed by atoms with Gasteiger partial charge >= 0.3 is 6.09 Å². The van der Waals surface area contributed by atoms with Crippen LogP contribution >= 0.6 is 0 Å². The SMILES string of the molecule is Cc1c(-c2cccc(C#N)c2)cnc(N2CCCC(F)(F)CC2)c1C(=O)Nc1cccc(S(C)(=O)=NC(=O)OC(C)(C)C)c1. The molecule has 0 saturated carbocycles. The van der Waals surface area contributed by atoms with E-state index < -0.39 is 33.3 Å². The number of pyridine rings is 1. The summed E-state index contributed by atoms with van der Waals surface area (Å²) >= 11 is 0. The van der Waals surface area contributed by atoms with Crippen LogP contribution in [0.1, 0.15) is 61.5 Å². The van der Waals surface area contributed by atoms with E-state index in [1.165, 1.54) is 18.4 Å². The van der Waals surface area contributed by atoms with Gasteiger partial charge in [0.2, 0.25) is 5.92 Å². The molecule has 44 heavy (non-hydrogen) atoms. The average Bonchev–Trinajstić information content (AvgIpc) is 3.11. The number of alkyl halides is 2. The number of ether oxygens (including phenoxy) is 1. The zero-order valence-electron chi connectivity index (χ0n) is 25.3. The maximum Gasteiger partial charge on any atom is 0.442 e. The van der Waals surface area contributed by atoms with Crippen LogP contribution in [0.15, 0.2) is 64.0 Å². The van der Waals surface area contributed by atoms with Gasteiger partial charge in [-0.05, 0) is 75.6 Å². The fraction of sp³-hybridized carbons (Fsp3) is 0.375. The van der Waals surface area contributed by atoms with E-state index in [4.69, 9.17) is 4.74 Å². The largest absolute Gasteiger partial charge is 0.442 e. The summed E-state index contributed by atoms with van der Waals surface area (Å²) < 4.78 is 50.7. The fourth-order valence-electron chi connectivity index (χ4n) is 4.90. The van der Waals surface area contributed by atoms with Crippen molar-refractivity contribution in [3.63, 3.8) is 0 Å². The van der Waals surface area contributed by atoms with Crippen LogP contribution in [0.3, 0.4) is 0 Å². The monoisotopic (exact) mass is 623 g/mol. The van der Waals surface area contributed by atoms with Crippen LogP contribution in [0.5, 0.6) is 0 Å². The molecule has 2 heterocycles. The normalized spacial score (nSPS) is 16.2. The molecule has 1 atom stereocenters. The van der Waals surface area contributed by atoms with Crippen molar-refractivity contribution in [3.05, 3.63) is 71.4 Å². The maximum absolute atomic E-state index is 14.2. The summed E-state index contributed by atoms with van der Waals surface area (Å²) in [6.07, 6.45) is 1.54. The van der Waals surface area contributed by atoms with Crippen LogP contribution < -0.4 is 10.2 Å². The molecule has 232 valence electrons. The van der Waals surface area contributed by atoms with Crippen molar-refractivity contribution in [1.29, 1.82) is 5.26 Å². The molecule has 9 nitrogen and oxygen atoms in total. The lowest BCUT2D eigenvalue weighted by Crippen LogP contribution is -2.30. The molecule has 1 N–H and O–H groups in total. The fourth-order valence-corrected chi connectivity index (χ4v) is 6.01. The molecule has 0 aliphatic carbocycles. The number of nitrogens with one attached hydrogen (secondary N) is 1. The van der Waals surface area contributed by atoms with Crippen LogP contribution in [-0.4, -0.2) is 52.1 Å². The predicted molar refractivity (Wildman–Crippen MR) is 166 cm³/mol. The number of aromatic nitrogens is 1. The van der Waals surface area contributed by atoms with Gasteiger partial charge in [-0.25, -0.2) is 22.8 Å². The number of benzene rings is 2. The molecule has 1 aliphatic rings. The first-order chi connectivity index (χ1) is 20.6. The van der Waals surface area contributed by atoms with E-state index in [9.17, 15) is 27.8 Å². The standard InChI is InChI=1S/C32H35F2N5O4S/c1-21-26(23-10-6-9-22(17-23)19-35)20-36-28(39-15-8-13-32(33,34)14-16-39)27(21)29(40)37-24-11-7-12-25(18-24)44(5,42)38-30(41)43-31(2,3)4/h6-7,9-12,17-18,20H,8,13-16H2,1-5H3,(H,37,40). The molecule has 0 radical (unpaired) electrons. The highest BCUT2D eigenvalue weighted by molar-refractivity contribution is 7.93. The van der Waals surface area contributed by atoms with E-state index in [1.54, 1.807) is 75.2 Å². The predicted octanol–water partition coefficient (Wildman–Crippen LogP) is 7.20. The molecule has 4 rings (SSSR count). The molecule has 1 fully saturated rings. The topological polar surface area (TPSA) is 125 Å². The van der Waals surface area contributed by atoms with Gasteiger partial charge in [-0.2, -0.15) is 5.26 Å². The second kappa shape index (κ2) is 12.7. The lowest BCUT2D eigenvalue weighted by atomic mass is 9.96. The van der Waals surface area contributed by atoms with Gasteiger partial charge in [0.1, 0.15) is 11.4 Å². The number of nitrogens with zero attached hydrogens (tertiary/aromatic N) is 4.